The molecular formula is C9H9O3. The van der Waals surface area contributed by atoms with Gasteiger partial charge in [-0.2, -0.15) is 0 Å². The lowest BCUT2D eigenvalue weighted by atomic mass is 10.3. The number of ether oxygens (including phenoxy) is 2. The Morgan fingerprint density at radius 2 is 2.08 bits per heavy atom. The minimum absolute atomic E-state index is 0.350. The van der Waals surface area contributed by atoms with Crippen molar-refractivity contribution in [1.29, 1.82) is 0 Å². The fourth-order valence-corrected chi connectivity index (χ4v) is 0.772. The standard InChI is InChI=1S/C9H9O3/c1-7(10)12-9-5-3-4-8(6-9)11-2/h4-6H,1-2H3. The Morgan fingerprint density at radius 1 is 1.42 bits per heavy atom. The summed E-state index contributed by atoms with van der Waals surface area (Å²) >= 11 is 0. The first-order valence-electron chi connectivity index (χ1n) is 3.46. The average Bonchev–Trinajstić information content (AvgIpc) is 2.03. The fraction of sp³-hybridized carbons (Fsp3) is 0.222. The maximum absolute atomic E-state index is 10.5. The normalized spacial score (nSPS) is 9.17. The van der Waals surface area contributed by atoms with Gasteiger partial charge in [0, 0.05) is 13.0 Å². The molecule has 63 valence electrons. The minimum atomic E-state index is -0.350. The van der Waals surface area contributed by atoms with Crippen molar-refractivity contribution in [3.63, 3.8) is 0 Å². The molecule has 3 nitrogen and oxygen atoms in total. The predicted octanol–water partition coefficient (Wildman–Crippen LogP) is 1.42. The van der Waals surface area contributed by atoms with Gasteiger partial charge >= 0.3 is 5.97 Å². The molecule has 0 N–H and O–H groups in total. The lowest BCUT2D eigenvalue weighted by molar-refractivity contribution is -0.131. The molecule has 0 aliphatic carbocycles. The van der Waals surface area contributed by atoms with Gasteiger partial charge in [-0.05, 0) is 18.2 Å². The van der Waals surface area contributed by atoms with Crippen LogP contribution in [0.3, 0.4) is 0 Å². The van der Waals surface area contributed by atoms with Gasteiger partial charge in [0.05, 0.1) is 7.11 Å². The van der Waals surface area contributed by atoms with Crippen molar-refractivity contribution in [2.24, 2.45) is 0 Å². The summed E-state index contributed by atoms with van der Waals surface area (Å²) in [6.07, 6.45) is 0. The molecular weight excluding hydrogens is 156 g/mol. The minimum Gasteiger partial charge on any atom is -0.497 e. The van der Waals surface area contributed by atoms with Crippen molar-refractivity contribution in [1.82, 2.24) is 0 Å². The summed E-state index contributed by atoms with van der Waals surface area (Å²) < 4.78 is 9.72. The van der Waals surface area contributed by atoms with Crippen molar-refractivity contribution in [3.8, 4) is 11.5 Å². The zero-order valence-corrected chi connectivity index (χ0v) is 6.96. The fourth-order valence-electron chi connectivity index (χ4n) is 0.772. The van der Waals surface area contributed by atoms with E-state index < -0.39 is 0 Å². The second kappa shape index (κ2) is 3.76. The maximum atomic E-state index is 10.5. The molecule has 12 heavy (non-hydrogen) atoms. The highest BCUT2D eigenvalue weighted by molar-refractivity contribution is 5.69. The number of hydrogen-bond acceptors (Lipinski definition) is 3. The van der Waals surface area contributed by atoms with E-state index in [1.807, 2.05) is 0 Å². The van der Waals surface area contributed by atoms with Gasteiger partial charge in [0.25, 0.3) is 0 Å². The third-order valence-electron chi connectivity index (χ3n) is 1.23. The quantitative estimate of drug-likeness (QED) is 0.491. The summed E-state index contributed by atoms with van der Waals surface area (Å²) in [6.45, 7) is 1.35. The molecule has 0 aliphatic heterocycles. The van der Waals surface area contributed by atoms with Gasteiger partial charge in [-0.1, -0.05) is 0 Å². The monoisotopic (exact) mass is 165 g/mol. The van der Waals surface area contributed by atoms with E-state index in [9.17, 15) is 4.79 Å². The summed E-state index contributed by atoms with van der Waals surface area (Å²) in [5.74, 6) is 0.715. The zero-order chi connectivity index (χ0) is 8.97. The van der Waals surface area contributed by atoms with Crippen molar-refractivity contribution in [3.05, 3.63) is 24.3 Å². The van der Waals surface area contributed by atoms with Crippen LogP contribution in [0.1, 0.15) is 6.92 Å². The van der Waals surface area contributed by atoms with Crippen molar-refractivity contribution in [2.45, 2.75) is 6.92 Å². The molecule has 1 aromatic carbocycles. The highest BCUT2D eigenvalue weighted by Gasteiger charge is 1.98. The van der Waals surface area contributed by atoms with Crippen LogP contribution in [0.15, 0.2) is 18.2 Å². The second-order valence-electron chi connectivity index (χ2n) is 2.20. The van der Waals surface area contributed by atoms with Gasteiger partial charge in [0.2, 0.25) is 0 Å². The zero-order valence-electron chi connectivity index (χ0n) is 6.96. The SMILES string of the molecule is COc1c[c]cc(OC(C)=O)c1. The van der Waals surface area contributed by atoms with Crippen LogP contribution >= 0.6 is 0 Å². The Balaban J connectivity index is 2.79. The van der Waals surface area contributed by atoms with Crippen LogP contribution in [0.2, 0.25) is 0 Å². The van der Waals surface area contributed by atoms with Crippen molar-refractivity contribution < 1.29 is 14.3 Å². The molecule has 0 saturated heterocycles. The predicted molar refractivity (Wildman–Crippen MR) is 43.1 cm³/mol. The Labute approximate surface area is 70.9 Å². The molecule has 0 unspecified atom stereocenters. The number of rotatable bonds is 2. The topological polar surface area (TPSA) is 35.5 Å². The molecule has 0 atom stereocenters. The molecule has 1 aromatic rings. The van der Waals surface area contributed by atoms with Crippen LogP contribution in [0.25, 0.3) is 0 Å². The summed E-state index contributed by atoms with van der Waals surface area (Å²) in [7, 11) is 1.54. The molecule has 0 aliphatic rings. The van der Waals surface area contributed by atoms with E-state index in [4.69, 9.17) is 9.47 Å². The lowest BCUT2D eigenvalue weighted by Crippen LogP contribution is -2.01. The first kappa shape index (κ1) is 8.59. The van der Waals surface area contributed by atoms with Crippen LogP contribution < -0.4 is 9.47 Å². The van der Waals surface area contributed by atoms with Gasteiger partial charge < -0.3 is 9.47 Å². The number of carbonyl (C=O) groups excluding carboxylic acids is 1. The summed E-state index contributed by atoms with van der Waals surface area (Å²) in [5, 5.41) is 0. The summed E-state index contributed by atoms with van der Waals surface area (Å²) in [4.78, 5) is 10.5. The van der Waals surface area contributed by atoms with E-state index in [-0.39, 0.29) is 5.97 Å². The van der Waals surface area contributed by atoms with Crippen LogP contribution in [0.5, 0.6) is 11.5 Å². The molecule has 0 bridgehead atoms. The average molecular weight is 165 g/mol. The molecule has 3 heteroatoms. The van der Waals surface area contributed by atoms with Gasteiger partial charge in [0.15, 0.2) is 0 Å². The Bertz CT molecular complexity index is 281. The van der Waals surface area contributed by atoms with E-state index in [0.29, 0.717) is 11.5 Å². The Hall–Kier alpha value is -1.51. The maximum Gasteiger partial charge on any atom is 0.308 e. The number of hydrogen-bond donors (Lipinski definition) is 0. The van der Waals surface area contributed by atoms with Crippen LogP contribution in [-0.2, 0) is 4.79 Å². The summed E-state index contributed by atoms with van der Waals surface area (Å²) in [6, 6.07) is 7.64. The first-order valence-corrected chi connectivity index (χ1v) is 3.46. The number of carbonyl (C=O) groups is 1. The molecule has 0 aromatic heterocycles. The van der Waals surface area contributed by atoms with Crippen molar-refractivity contribution in [2.75, 3.05) is 7.11 Å². The van der Waals surface area contributed by atoms with E-state index in [1.54, 1.807) is 25.3 Å². The first-order chi connectivity index (χ1) is 5.72. The van der Waals surface area contributed by atoms with E-state index in [0.717, 1.165) is 0 Å². The molecule has 1 rings (SSSR count). The molecule has 0 saturated carbocycles. The van der Waals surface area contributed by atoms with Gasteiger partial charge in [-0.25, -0.2) is 0 Å². The second-order valence-corrected chi connectivity index (χ2v) is 2.20. The Kier molecular flexibility index (Phi) is 2.69. The molecule has 1 radical (unpaired) electrons. The largest absolute Gasteiger partial charge is 0.497 e. The smallest absolute Gasteiger partial charge is 0.308 e. The third kappa shape index (κ3) is 2.27. The summed E-state index contributed by atoms with van der Waals surface area (Å²) in [5.41, 5.74) is 0. The van der Waals surface area contributed by atoms with E-state index in [2.05, 4.69) is 6.07 Å². The van der Waals surface area contributed by atoms with Gasteiger partial charge in [-0.3, -0.25) is 4.79 Å². The van der Waals surface area contributed by atoms with Crippen LogP contribution in [0, 0.1) is 6.07 Å². The Morgan fingerprint density at radius 3 is 2.67 bits per heavy atom. The molecule has 0 amide bonds. The highest BCUT2D eigenvalue weighted by Crippen LogP contribution is 2.18. The number of esters is 1. The van der Waals surface area contributed by atoms with E-state index in [1.165, 1.54) is 6.92 Å². The molecule has 0 heterocycles. The van der Waals surface area contributed by atoms with Gasteiger partial charge in [0.1, 0.15) is 11.5 Å². The molecule has 0 fully saturated rings. The lowest BCUT2D eigenvalue weighted by Gasteiger charge is -2.02. The third-order valence-corrected chi connectivity index (χ3v) is 1.23. The van der Waals surface area contributed by atoms with Crippen LogP contribution in [-0.4, -0.2) is 13.1 Å². The number of methoxy groups -OCH3 is 1. The van der Waals surface area contributed by atoms with E-state index >= 15 is 0 Å². The van der Waals surface area contributed by atoms with Crippen molar-refractivity contribution >= 4 is 5.97 Å². The number of benzene rings is 1. The van der Waals surface area contributed by atoms with Gasteiger partial charge in [-0.15, -0.1) is 0 Å². The molecule has 0 spiro atoms. The highest BCUT2D eigenvalue weighted by atomic mass is 16.5. The van der Waals surface area contributed by atoms with Crippen LogP contribution in [0.4, 0.5) is 0 Å².